The first-order valence-corrected chi connectivity index (χ1v) is 8.29. The van der Waals surface area contributed by atoms with E-state index in [1.54, 1.807) is 23.3 Å². The number of aryl methyl sites for hydroxylation is 1. The van der Waals surface area contributed by atoms with Crippen molar-refractivity contribution in [2.24, 2.45) is 0 Å². The maximum absolute atomic E-state index is 12.2. The number of carbonyl (C=O) groups is 1. The Morgan fingerprint density at radius 1 is 1.26 bits per heavy atom. The Labute approximate surface area is 138 Å². The van der Waals surface area contributed by atoms with Gasteiger partial charge in [0.2, 0.25) is 17.6 Å². The quantitative estimate of drug-likeness (QED) is 0.696. The van der Waals surface area contributed by atoms with Crippen LogP contribution < -0.4 is 0 Å². The average molecular weight is 327 g/mol. The molecule has 2 aromatic heterocycles. The number of carbonyl (C=O) groups excluding carboxylic acids is 1. The highest BCUT2D eigenvalue weighted by atomic mass is 32.1. The number of aromatic nitrogens is 2. The van der Waals surface area contributed by atoms with Gasteiger partial charge in [-0.15, -0.1) is 0 Å². The molecule has 3 rings (SSSR count). The maximum atomic E-state index is 12.2. The van der Waals surface area contributed by atoms with Crippen molar-refractivity contribution in [3.05, 3.63) is 58.6 Å². The van der Waals surface area contributed by atoms with Crippen LogP contribution in [0.3, 0.4) is 0 Å². The predicted molar refractivity (Wildman–Crippen MR) is 88.8 cm³/mol. The molecule has 0 spiro atoms. The van der Waals surface area contributed by atoms with Gasteiger partial charge < -0.3 is 9.42 Å². The average Bonchev–Trinajstić information content (AvgIpc) is 3.25. The third-order valence-corrected chi connectivity index (χ3v) is 4.24. The van der Waals surface area contributed by atoms with Crippen molar-refractivity contribution in [2.75, 3.05) is 7.05 Å². The zero-order valence-electron chi connectivity index (χ0n) is 12.8. The second kappa shape index (κ2) is 7.19. The first-order valence-electron chi connectivity index (χ1n) is 7.35. The van der Waals surface area contributed by atoms with E-state index >= 15 is 0 Å². The van der Waals surface area contributed by atoms with E-state index in [0.29, 0.717) is 24.7 Å². The predicted octanol–water partition coefficient (Wildman–Crippen LogP) is 3.39. The smallest absolute Gasteiger partial charge is 0.246 e. The molecule has 5 nitrogen and oxygen atoms in total. The van der Waals surface area contributed by atoms with Gasteiger partial charge in [0.15, 0.2) is 0 Å². The number of hydrogen-bond acceptors (Lipinski definition) is 5. The Balaban J connectivity index is 1.56. The molecule has 0 fully saturated rings. The molecule has 0 saturated carbocycles. The van der Waals surface area contributed by atoms with Crippen molar-refractivity contribution in [3.8, 4) is 11.4 Å². The molecule has 2 heterocycles. The summed E-state index contributed by atoms with van der Waals surface area (Å²) >= 11 is 1.64. The minimum Gasteiger partial charge on any atom is -0.337 e. The molecule has 6 heteroatoms. The van der Waals surface area contributed by atoms with Crippen molar-refractivity contribution in [2.45, 2.75) is 19.4 Å². The highest BCUT2D eigenvalue weighted by Crippen LogP contribution is 2.16. The normalized spacial score (nSPS) is 10.7. The van der Waals surface area contributed by atoms with Gasteiger partial charge in [-0.3, -0.25) is 4.79 Å². The Morgan fingerprint density at radius 2 is 2.09 bits per heavy atom. The van der Waals surface area contributed by atoms with E-state index in [-0.39, 0.29) is 5.91 Å². The molecule has 0 bridgehead atoms. The fraction of sp³-hybridized carbons (Fsp3) is 0.235. The molecule has 0 aliphatic heterocycles. The van der Waals surface area contributed by atoms with Crippen LogP contribution in [0.2, 0.25) is 0 Å². The molecule has 0 aliphatic carbocycles. The Hall–Kier alpha value is -2.47. The largest absolute Gasteiger partial charge is 0.337 e. The molecule has 0 radical (unpaired) electrons. The minimum absolute atomic E-state index is 0.0654. The molecule has 0 atom stereocenters. The number of nitrogens with zero attached hydrogens (tertiary/aromatic N) is 3. The number of rotatable bonds is 6. The van der Waals surface area contributed by atoms with Crippen LogP contribution in [-0.4, -0.2) is 28.0 Å². The number of hydrogen-bond donors (Lipinski definition) is 0. The second-order valence-corrected chi connectivity index (χ2v) is 6.04. The van der Waals surface area contributed by atoms with Crippen LogP contribution in [0.25, 0.3) is 11.4 Å². The van der Waals surface area contributed by atoms with E-state index in [4.69, 9.17) is 4.52 Å². The second-order valence-electron chi connectivity index (χ2n) is 5.26. The van der Waals surface area contributed by atoms with Gasteiger partial charge in [-0.1, -0.05) is 35.5 Å². The topological polar surface area (TPSA) is 59.2 Å². The molecule has 0 aliphatic rings. The minimum atomic E-state index is 0.0654. The zero-order chi connectivity index (χ0) is 16.1. The van der Waals surface area contributed by atoms with Crippen LogP contribution in [0, 0.1) is 0 Å². The Morgan fingerprint density at radius 3 is 2.83 bits per heavy atom. The fourth-order valence-corrected chi connectivity index (χ4v) is 2.89. The molecular weight excluding hydrogens is 310 g/mol. The molecule has 0 saturated heterocycles. The van der Waals surface area contributed by atoms with E-state index in [9.17, 15) is 4.79 Å². The van der Waals surface area contributed by atoms with E-state index in [2.05, 4.69) is 15.5 Å². The summed E-state index contributed by atoms with van der Waals surface area (Å²) in [7, 11) is 1.75. The van der Waals surface area contributed by atoms with Gasteiger partial charge in [-0.05, 0) is 28.8 Å². The van der Waals surface area contributed by atoms with Crippen LogP contribution in [0.4, 0.5) is 0 Å². The SMILES string of the molecule is CN(Cc1nc(-c2ccccc2)no1)C(=O)CCc1ccsc1. The summed E-state index contributed by atoms with van der Waals surface area (Å²) in [5.74, 6) is 1.05. The monoisotopic (exact) mass is 327 g/mol. The summed E-state index contributed by atoms with van der Waals surface area (Å²) < 4.78 is 5.24. The van der Waals surface area contributed by atoms with Crippen LogP contribution in [0.5, 0.6) is 0 Å². The molecule has 1 aromatic carbocycles. The fourth-order valence-electron chi connectivity index (χ4n) is 2.19. The number of thiophene rings is 1. The van der Waals surface area contributed by atoms with Gasteiger partial charge in [0.05, 0.1) is 6.54 Å². The van der Waals surface area contributed by atoms with Crippen LogP contribution in [0.15, 0.2) is 51.7 Å². The summed E-state index contributed by atoms with van der Waals surface area (Å²) in [6.45, 7) is 0.322. The van der Waals surface area contributed by atoms with E-state index in [0.717, 1.165) is 12.0 Å². The van der Waals surface area contributed by atoms with Crippen molar-refractivity contribution in [1.82, 2.24) is 15.0 Å². The van der Waals surface area contributed by atoms with E-state index < -0.39 is 0 Å². The van der Waals surface area contributed by atoms with Crippen LogP contribution >= 0.6 is 11.3 Å². The molecule has 0 N–H and O–H groups in total. The van der Waals surface area contributed by atoms with Gasteiger partial charge >= 0.3 is 0 Å². The van der Waals surface area contributed by atoms with Gasteiger partial charge in [-0.25, -0.2) is 0 Å². The third-order valence-electron chi connectivity index (χ3n) is 3.51. The molecule has 3 aromatic rings. The van der Waals surface area contributed by atoms with Crippen LogP contribution in [0.1, 0.15) is 17.9 Å². The van der Waals surface area contributed by atoms with Gasteiger partial charge in [0.1, 0.15) is 0 Å². The van der Waals surface area contributed by atoms with Gasteiger partial charge in [-0.2, -0.15) is 16.3 Å². The lowest BCUT2D eigenvalue weighted by Crippen LogP contribution is -2.26. The first-order chi connectivity index (χ1) is 11.2. The lowest BCUT2D eigenvalue weighted by Gasteiger charge is -2.14. The summed E-state index contributed by atoms with van der Waals surface area (Å²) in [5, 5.41) is 8.05. The summed E-state index contributed by atoms with van der Waals surface area (Å²) in [6, 6.07) is 11.7. The number of amides is 1. The Bertz CT molecular complexity index is 753. The standard InChI is InChI=1S/C17H17N3O2S/c1-20(16(21)8-7-13-9-10-23-12-13)11-15-18-17(19-22-15)14-5-3-2-4-6-14/h2-6,9-10,12H,7-8,11H2,1H3. The first kappa shape index (κ1) is 15.4. The summed E-state index contributed by atoms with van der Waals surface area (Å²) in [5.41, 5.74) is 2.09. The summed E-state index contributed by atoms with van der Waals surface area (Å²) in [4.78, 5) is 18.1. The molecule has 23 heavy (non-hydrogen) atoms. The maximum Gasteiger partial charge on any atom is 0.246 e. The highest BCUT2D eigenvalue weighted by molar-refractivity contribution is 7.07. The van der Waals surface area contributed by atoms with Crippen LogP contribution in [-0.2, 0) is 17.8 Å². The highest BCUT2D eigenvalue weighted by Gasteiger charge is 2.14. The van der Waals surface area contributed by atoms with Crippen molar-refractivity contribution < 1.29 is 9.32 Å². The van der Waals surface area contributed by atoms with Gasteiger partial charge in [0, 0.05) is 19.0 Å². The lowest BCUT2D eigenvalue weighted by molar-refractivity contribution is -0.130. The van der Waals surface area contributed by atoms with Crippen molar-refractivity contribution in [3.63, 3.8) is 0 Å². The van der Waals surface area contributed by atoms with Crippen molar-refractivity contribution >= 4 is 17.2 Å². The van der Waals surface area contributed by atoms with Crippen molar-refractivity contribution in [1.29, 1.82) is 0 Å². The molecule has 1 amide bonds. The lowest BCUT2D eigenvalue weighted by atomic mass is 10.2. The van der Waals surface area contributed by atoms with E-state index in [1.807, 2.05) is 41.8 Å². The Kier molecular flexibility index (Phi) is 4.83. The summed E-state index contributed by atoms with van der Waals surface area (Å²) in [6.07, 6.45) is 1.23. The molecule has 0 unspecified atom stereocenters. The van der Waals surface area contributed by atoms with Gasteiger partial charge in [0.25, 0.3) is 0 Å². The number of benzene rings is 1. The van der Waals surface area contributed by atoms with E-state index in [1.165, 1.54) is 5.56 Å². The molecular formula is C17H17N3O2S. The third kappa shape index (κ3) is 4.04. The molecule has 118 valence electrons. The zero-order valence-corrected chi connectivity index (χ0v) is 13.6.